The average Bonchev–Trinajstić information content (AvgIpc) is 2.95. The van der Waals surface area contributed by atoms with Crippen LogP contribution in [-0.4, -0.2) is 12.6 Å². The number of carbonyl (C=O) groups excluding carboxylic acids is 1. The molecule has 0 bridgehead atoms. The quantitative estimate of drug-likeness (QED) is 0.127. The van der Waals surface area contributed by atoms with E-state index in [9.17, 15) is 18.0 Å². The Hall–Kier alpha value is -3.28. The first kappa shape index (κ1) is 29.7. The molecule has 3 aromatic carbocycles. The third kappa shape index (κ3) is 7.67. The molecule has 3 nitrogen and oxygen atoms in total. The minimum absolute atomic E-state index is 0.0332. The summed E-state index contributed by atoms with van der Waals surface area (Å²) < 4.78 is 55.3. The van der Waals surface area contributed by atoms with E-state index in [4.69, 9.17) is 9.47 Å². The molecule has 0 aliphatic heterocycles. The van der Waals surface area contributed by atoms with Crippen molar-refractivity contribution < 1.29 is 27.4 Å². The molecule has 0 heterocycles. The Balaban J connectivity index is 1.33. The van der Waals surface area contributed by atoms with E-state index in [1.165, 1.54) is 43.9 Å². The van der Waals surface area contributed by atoms with E-state index >= 15 is 0 Å². The van der Waals surface area contributed by atoms with Crippen LogP contribution in [0.4, 0.5) is 13.2 Å². The van der Waals surface area contributed by atoms with Gasteiger partial charge in [0.2, 0.25) is 0 Å². The van der Waals surface area contributed by atoms with Crippen LogP contribution in [0, 0.1) is 23.4 Å². The first-order valence-corrected chi connectivity index (χ1v) is 14.6. The largest absolute Gasteiger partial charge is 0.491 e. The molecular weight excluding hydrogens is 513 g/mol. The van der Waals surface area contributed by atoms with Crippen LogP contribution < -0.4 is 9.47 Å². The second kappa shape index (κ2) is 14.4. The first-order valence-electron chi connectivity index (χ1n) is 14.6. The van der Waals surface area contributed by atoms with Gasteiger partial charge in [-0.1, -0.05) is 83.1 Å². The number of benzene rings is 3. The smallest absolute Gasteiger partial charge is 0.346 e. The molecule has 6 heteroatoms. The fraction of sp³-hybridized carbons (Fsp3) is 0.441. The fourth-order valence-corrected chi connectivity index (χ4v) is 5.35. The summed E-state index contributed by atoms with van der Waals surface area (Å²) in [6, 6.07) is 14.0. The average molecular weight is 553 g/mol. The zero-order valence-corrected chi connectivity index (χ0v) is 23.5. The van der Waals surface area contributed by atoms with Gasteiger partial charge in [-0.2, -0.15) is 0 Å². The molecular formula is C34H39F3O3. The molecule has 40 heavy (non-hydrogen) atoms. The Morgan fingerprint density at radius 1 is 0.800 bits per heavy atom. The highest BCUT2D eigenvalue weighted by atomic mass is 19.2. The molecule has 1 aliphatic carbocycles. The summed E-state index contributed by atoms with van der Waals surface area (Å²) in [5.74, 6) is -2.59. The summed E-state index contributed by atoms with van der Waals surface area (Å²) in [5.41, 5.74) is 1.25. The van der Waals surface area contributed by atoms with E-state index in [1.807, 2.05) is 0 Å². The topological polar surface area (TPSA) is 35.5 Å². The van der Waals surface area contributed by atoms with Gasteiger partial charge >= 0.3 is 5.97 Å². The number of hydrogen-bond acceptors (Lipinski definition) is 3. The summed E-state index contributed by atoms with van der Waals surface area (Å²) in [7, 11) is 0. The van der Waals surface area contributed by atoms with Crippen molar-refractivity contribution in [3.05, 3.63) is 83.2 Å². The number of unbranched alkanes of at least 4 members (excludes halogenated alkanes) is 5. The Morgan fingerprint density at radius 2 is 1.48 bits per heavy atom. The van der Waals surface area contributed by atoms with Gasteiger partial charge in [-0.15, -0.1) is 0 Å². The Bertz CT molecular complexity index is 1260. The van der Waals surface area contributed by atoms with Crippen molar-refractivity contribution in [2.75, 3.05) is 6.61 Å². The van der Waals surface area contributed by atoms with Gasteiger partial charge in [0.25, 0.3) is 0 Å². The molecule has 4 rings (SSSR count). The highest BCUT2D eigenvalue weighted by molar-refractivity contribution is 5.91. The monoisotopic (exact) mass is 552 g/mol. The maximum absolute atomic E-state index is 14.9. The Kier molecular flexibility index (Phi) is 10.7. The van der Waals surface area contributed by atoms with Gasteiger partial charge in [-0.25, -0.2) is 18.0 Å². The molecule has 1 fully saturated rings. The highest BCUT2D eigenvalue weighted by Gasteiger charge is 2.27. The van der Waals surface area contributed by atoms with Crippen LogP contribution in [0.1, 0.15) is 99.9 Å². The van der Waals surface area contributed by atoms with Crippen molar-refractivity contribution in [3.63, 3.8) is 0 Å². The summed E-state index contributed by atoms with van der Waals surface area (Å²) >= 11 is 0. The van der Waals surface area contributed by atoms with Crippen molar-refractivity contribution in [1.29, 1.82) is 0 Å². The molecule has 0 radical (unpaired) electrons. The van der Waals surface area contributed by atoms with Crippen LogP contribution in [0.25, 0.3) is 11.1 Å². The highest BCUT2D eigenvalue weighted by Crippen LogP contribution is 2.37. The molecule has 0 spiro atoms. The van der Waals surface area contributed by atoms with Gasteiger partial charge in [-0.3, -0.25) is 0 Å². The maximum Gasteiger partial charge on any atom is 0.346 e. The third-order valence-electron chi connectivity index (χ3n) is 7.87. The lowest BCUT2D eigenvalue weighted by Crippen LogP contribution is -2.16. The van der Waals surface area contributed by atoms with Crippen molar-refractivity contribution in [2.45, 2.75) is 84.0 Å². The van der Waals surface area contributed by atoms with E-state index in [-0.39, 0.29) is 17.4 Å². The number of rotatable bonds is 12. The molecule has 0 amide bonds. The van der Waals surface area contributed by atoms with Crippen LogP contribution in [0.5, 0.6) is 11.5 Å². The van der Waals surface area contributed by atoms with Crippen molar-refractivity contribution in [1.82, 2.24) is 0 Å². The van der Waals surface area contributed by atoms with Crippen molar-refractivity contribution in [3.8, 4) is 22.6 Å². The van der Waals surface area contributed by atoms with E-state index in [0.29, 0.717) is 29.2 Å². The van der Waals surface area contributed by atoms with Gasteiger partial charge in [0.1, 0.15) is 5.75 Å². The number of hydrogen-bond donors (Lipinski definition) is 0. The molecule has 0 atom stereocenters. The fourth-order valence-electron chi connectivity index (χ4n) is 5.35. The lowest BCUT2D eigenvalue weighted by atomic mass is 9.79. The van der Waals surface area contributed by atoms with Gasteiger partial charge in [-0.05, 0) is 78.1 Å². The Morgan fingerprint density at radius 3 is 2.17 bits per heavy atom. The van der Waals surface area contributed by atoms with Crippen LogP contribution >= 0.6 is 0 Å². The molecule has 0 unspecified atom stereocenters. The molecule has 3 aromatic rings. The van der Waals surface area contributed by atoms with Gasteiger partial charge in [0, 0.05) is 0 Å². The first-order chi connectivity index (χ1) is 19.4. The summed E-state index contributed by atoms with van der Waals surface area (Å²) in [4.78, 5) is 12.6. The lowest BCUT2D eigenvalue weighted by molar-refractivity contribution is 0.0728. The minimum atomic E-state index is -1.17. The normalized spacial score (nSPS) is 17.0. The molecule has 1 aliphatic rings. The molecule has 214 valence electrons. The van der Waals surface area contributed by atoms with Crippen LogP contribution in [0.3, 0.4) is 0 Å². The van der Waals surface area contributed by atoms with Crippen LogP contribution in [0.15, 0.2) is 54.6 Å². The standard InChI is InChI=1S/C34H39F3O3/c1-3-4-5-6-7-8-21-39-31-20-15-26(22-30(31)35)24-13-16-27(17-14-24)40-34(38)29-19-18-28(32(36)33(29)37)25-11-9-23(2)10-12-25/h13-20,22-23,25H,3-12,21H2,1-2H3. The maximum atomic E-state index is 14.9. The summed E-state index contributed by atoms with van der Waals surface area (Å²) in [6.45, 7) is 4.83. The van der Waals surface area contributed by atoms with Gasteiger partial charge < -0.3 is 9.47 Å². The number of carbonyl (C=O) groups is 1. The van der Waals surface area contributed by atoms with Crippen LogP contribution in [0.2, 0.25) is 0 Å². The molecule has 0 saturated heterocycles. The SMILES string of the molecule is CCCCCCCCOc1ccc(-c2ccc(OC(=O)c3ccc(C4CCC(C)CC4)c(F)c3F)cc2)cc1F. The van der Waals surface area contributed by atoms with E-state index in [1.54, 1.807) is 36.4 Å². The zero-order chi connectivity index (χ0) is 28.5. The summed E-state index contributed by atoms with van der Waals surface area (Å²) in [5, 5.41) is 0. The zero-order valence-electron chi connectivity index (χ0n) is 23.5. The minimum Gasteiger partial charge on any atom is -0.491 e. The van der Waals surface area contributed by atoms with E-state index in [0.717, 1.165) is 38.5 Å². The predicted molar refractivity (Wildman–Crippen MR) is 152 cm³/mol. The molecule has 0 aromatic heterocycles. The second-order valence-corrected chi connectivity index (χ2v) is 11.0. The third-order valence-corrected chi connectivity index (χ3v) is 7.87. The van der Waals surface area contributed by atoms with Crippen molar-refractivity contribution >= 4 is 5.97 Å². The second-order valence-electron chi connectivity index (χ2n) is 11.0. The van der Waals surface area contributed by atoms with E-state index < -0.39 is 29.0 Å². The van der Waals surface area contributed by atoms with Crippen LogP contribution in [-0.2, 0) is 0 Å². The van der Waals surface area contributed by atoms with Gasteiger partial charge in [0.15, 0.2) is 23.2 Å². The van der Waals surface area contributed by atoms with E-state index in [2.05, 4.69) is 13.8 Å². The number of halogens is 3. The number of esters is 1. The molecule has 1 saturated carbocycles. The summed E-state index contributed by atoms with van der Waals surface area (Å²) in [6.07, 6.45) is 10.4. The Labute approximate surface area is 235 Å². The lowest BCUT2D eigenvalue weighted by Gasteiger charge is -2.27. The number of ether oxygens (including phenoxy) is 2. The molecule has 0 N–H and O–H groups in total. The predicted octanol–water partition coefficient (Wildman–Crippen LogP) is 10.0. The van der Waals surface area contributed by atoms with Crippen molar-refractivity contribution in [2.24, 2.45) is 5.92 Å². The van der Waals surface area contributed by atoms with Gasteiger partial charge in [0.05, 0.1) is 12.2 Å².